The second-order valence-corrected chi connectivity index (χ2v) is 7.99. The molecule has 8 heteroatoms. The quantitative estimate of drug-likeness (QED) is 0.587. The van der Waals surface area contributed by atoms with Crippen LogP contribution in [0.15, 0.2) is 34.9 Å². The molecule has 0 saturated carbocycles. The molecule has 1 saturated heterocycles. The second kappa shape index (κ2) is 7.45. The number of Topliss-reactive ketones (excluding diaryl/α,β-unsaturated/α-hetero) is 1. The van der Waals surface area contributed by atoms with E-state index >= 15 is 0 Å². The van der Waals surface area contributed by atoms with Crippen LogP contribution >= 0.6 is 23.1 Å². The zero-order valence-corrected chi connectivity index (χ0v) is 15.4. The number of nitrogens with zero attached hydrogens (tertiary/aromatic N) is 1. The smallest absolute Gasteiger partial charge is 0.330 e. The first-order chi connectivity index (χ1) is 12.0. The van der Waals surface area contributed by atoms with Crippen LogP contribution in [0.4, 0.5) is 0 Å². The van der Waals surface area contributed by atoms with Crippen molar-refractivity contribution in [3.05, 3.63) is 46.0 Å². The van der Waals surface area contributed by atoms with E-state index in [0.29, 0.717) is 16.4 Å². The van der Waals surface area contributed by atoms with E-state index in [4.69, 9.17) is 9.15 Å². The lowest BCUT2D eigenvalue weighted by atomic mass is 10.2. The number of thioether (sulfide) groups is 1. The molecule has 1 aliphatic rings. The van der Waals surface area contributed by atoms with Crippen molar-refractivity contribution in [2.45, 2.75) is 25.3 Å². The highest BCUT2D eigenvalue weighted by Gasteiger charge is 2.43. The SMILES string of the molecule is CC(=O)N1[C@@H](C(=O)OCC(=O)c2ccc(C)s2)CS[C@@H]1c1ccco1. The molecule has 1 fully saturated rings. The fourth-order valence-electron chi connectivity index (χ4n) is 2.61. The fraction of sp³-hybridized carbons (Fsp3) is 0.353. The molecule has 1 amide bonds. The molecule has 3 heterocycles. The van der Waals surface area contributed by atoms with Crippen molar-refractivity contribution in [3.8, 4) is 0 Å². The van der Waals surface area contributed by atoms with Crippen LogP contribution in [0.2, 0.25) is 0 Å². The number of carbonyl (C=O) groups excluding carboxylic acids is 3. The number of ether oxygens (including phenoxy) is 1. The van der Waals surface area contributed by atoms with Gasteiger partial charge in [-0.3, -0.25) is 9.59 Å². The molecule has 2 aromatic rings. The van der Waals surface area contributed by atoms with E-state index < -0.39 is 12.0 Å². The molecule has 1 aliphatic heterocycles. The Labute approximate surface area is 153 Å². The monoisotopic (exact) mass is 379 g/mol. The van der Waals surface area contributed by atoms with Crippen molar-refractivity contribution in [1.82, 2.24) is 4.90 Å². The number of hydrogen-bond acceptors (Lipinski definition) is 7. The fourth-order valence-corrected chi connectivity index (χ4v) is 4.82. The van der Waals surface area contributed by atoms with Crippen molar-refractivity contribution in [2.75, 3.05) is 12.4 Å². The van der Waals surface area contributed by atoms with Gasteiger partial charge >= 0.3 is 5.97 Å². The van der Waals surface area contributed by atoms with Crippen LogP contribution < -0.4 is 0 Å². The number of carbonyl (C=O) groups is 3. The number of hydrogen-bond donors (Lipinski definition) is 0. The molecule has 0 bridgehead atoms. The van der Waals surface area contributed by atoms with E-state index in [-0.39, 0.29) is 23.7 Å². The molecule has 132 valence electrons. The molecule has 2 aromatic heterocycles. The summed E-state index contributed by atoms with van der Waals surface area (Å²) in [6.07, 6.45) is 1.53. The molecule has 2 atom stereocenters. The lowest BCUT2D eigenvalue weighted by molar-refractivity contribution is -0.152. The van der Waals surface area contributed by atoms with Gasteiger partial charge in [0.15, 0.2) is 6.61 Å². The molecule has 0 aromatic carbocycles. The number of rotatable bonds is 5. The molecule has 0 N–H and O–H groups in total. The molecule has 6 nitrogen and oxygen atoms in total. The van der Waals surface area contributed by atoms with Crippen molar-refractivity contribution in [3.63, 3.8) is 0 Å². The zero-order chi connectivity index (χ0) is 18.0. The Morgan fingerprint density at radius 2 is 2.12 bits per heavy atom. The van der Waals surface area contributed by atoms with Crippen LogP contribution in [0.1, 0.15) is 32.6 Å². The largest absolute Gasteiger partial charge is 0.466 e. The van der Waals surface area contributed by atoms with E-state index in [1.165, 1.54) is 41.2 Å². The van der Waals surface area contributed by atoms with Gasteiger partial charge in [-0.05, 0) is 31.2 Å². The van der Waals surface area contributed by atoms with E-state index in [1.54, 1.807) is 18.2 Å². The summed E-state index contributed by atoms with van der Waals surface area (Å²) in [6, 6.07) is 6.34. The first-order valence-electron chi connectivity index (χ1n) is 7.67. The summed E-state index contributed by atoms with van der Waals surface area (Å²) >= 11 is 2.80. The lowest BCUT2D eigenvalue weighted by Gasteiger charge is -2.25. The Morgan fingerprint density at radius 1 is 1.32 bits per heavy atom. The van der Waals surface area contributed by atoms with Crippen molar-refractivity contribution in [2.24, 2.45) is 0 Å². The van der Waals surface area contributed by atoms with Gasteiger partial charge < -0.3 is 14.1 Å². The minimum absolute atomic E-state index is 0.242. The van der Waals surface area contributed by atoms with E-state index in [2.05, 4.69) is 0 Å². The molecule has 0 unspecified atom stereocenters. The highest BCUT2D eigenvalue weighted by molar-refractivity contribution is 7.99. The number of furan rings is 1. The van der Waals surface area contributed by atoms with Gasteiger partial charge in [0.1, 0.15) is 17.2 Å². The Balaban J connectivity index is 1.65. The summed E-state index contributed by atoms with van der Waals surface area (Å²) in [5.74, 6) is -0.0440. The van der Waals surface area contributed by atoms with Gasteiger partial charge in [-0.25, -0.2) is 4.79 Å². The molecule has 25 heavy (non-hydrogen) atoms. The maximum absolute atomic E-state index is 12.4. The summed E-state index contributed by atoms with van der Waals surface area (Å²) < 4.78 is 10.5. The van der Waals surface area contributed by atoms with E-state index in [9.17, 15) is 14.4 Å². The van der Waals surface area contributed by atoms with Gasteiger partial charge in [0.2, 0.25) is 11.7 Å². The average Bonchev–Trinajstić information content (AvgIpc) is 3.30. The van der Waals surface area contributed by atoms with Gasteiger partial charge in [0, 0.05) is 17.6 Å². The molecular weight excluding hydrogens is 362 g/mol. The molecule has 0 aliphatic carbocycles. The summed E-state index contributed by atoms with van der Waals surface area (Å²) in [5.41, 5.74) is 0. The van der Waals surface area contributed by atoms with Crippen LogP contribution in [-0.4, -0.2) is 41.0 Å². The summed E-state index contributed by atoms with van der Waals surface area (Å²) in [7, 11) is 0. The normalized spacial score (nSPS) is 19.8. The van der Waals surface area contributed by atoms with Crippen LogP contribution in [0.3, 0.4) is 0 Å². The Kier molecular flexibility index (Phi) is 5.29. The highest BCUT2D eigenvalue weighted by Crippen LogP contribution is 2.41. The minimum atomic E-state index is -0.726. The highest BCUT2D eigenvalue weighted by atomic mass is 32.2. The first kappa shape index (κ1) is 17.8. The van der Waals surface area contributed by atoms with E-state index in [1.807, 2.05) is 13.0 Å². The van der Waals surface area contributed by atoms with Gasteiger partial charge in [0.25, 0.3) is 0 Å². The standard InChI is InChI=1S/C17H17NO5S2/c1-10-5-6-15(25-10)13(20)8-23-17(21)12-9-24-16(18(12)11(2)19)14-4-3-7-22-14/h3-7,12,16H,8-9H2,1-2H3/t12-,16-/m1/s1. The third-order valence-corrected chi connectivity index (χ3v) is 6.11. The van der Waals surface area contributed by atoms with Gasteiger partial charge in [0.05, 0.1) is 11.1 Å². The lowest BCUT2D eigenvalue weighted by Crippen LogP contribution is -2.43. The Hall–Kier alpha value is -2.06. The van der Waals surface area contributed by atoms with Gasteiger partial charge in [-0.15, -0.1) is 23.1 Å². The molecule has 3 rings (SSSR count). The molecule has 0 radical (unpaired) electrons. The predicted molar refractivity (Wildman–Crippen MR) is 94.6 cm³/mol. The maximum atomic E-state index is 12.4. The van der Waals surface area contributed by atoms with E-state index in [0.717, 1.165) is 4.88 Å². The number of esters is 1. The maximum Gasteiger partial charge on any atom is 0.330 e. The summed E-state index contributed by atoms with van der Waals surface area (Å²) in [6.45, 7) is 2.99. The number of amides is 1. The number of aryl methyl sites for hydroxylation is 1. The van der Waals surface area contributed by atoms with Crippen molar-refractivity contribution < 1.29 is 23.5 Å². The van der Waals surface area contributed by atoms with Crippen LogP contribution in [0.25, 0.3) is 0 Å². The predicted octanol–water partition coefficient (Wildman–Crippen LogP) is 3.04. The van der Waals surface area contributed by atoms with Crippen LogP contribution in [0, 0.1) is 6.92 Å². The number of ketones is 1. The van der Waals surface area contributed by atoms with Gasteiger partial charge in [-0.2, -0.15) is 0 Å². The Bertz CT molecular complexity index is 783. The summed E-state index contributed by atoms with van der Waals surface area (Å²) in [5, 5.41) is -0.360. The summed E-state index contributed by atoms with van der Waals surface area (Å²) in [4.78, 5) is 39.5. The zero-order valence-electron chi connectivity index (χ0n) is 13.8. The third-order valence-electron chi connectivity index (χ3n) is 3.78. The Morgan fingerprint density at radius 3 is 2.72 bits per heavy atom. The van der Waals surface area contributed by atoms with Crippen LogP contribution in [0.5, 0.6) is 0 Å². The van der Waals surface area contributed by atoms with Crippen molar-refractivity contribution in [1.29, 1.82) is 0 Å². The average molecular weight is 379 g/mol. The molecule has 0 spiro atoms. The second-order valence-electron chi connectivity index (χ2n) is 5.58. The topological polar surface area (TPSA) is 76.8 Å². The van der Waals surface area contributed by atoms with Crippen molar-refractivity contribution >= 4 is 40.8 Å². The first-order valence-corrected chi connectivity index (χ1v) is 9.54. The third kappa shape index (κ3) is 3.80. The van der Waals surface area contributed by atoms with Gasteiger partial charge in [-0.1, -0.05) is 0 Å². The molecular formula is C17H17NO5S2. The minimum Gasteiger partial charge on any atom is -0.466 e. The van der Waals surface area contributed by atoms with Crippen LogP contribution in [-0.2, 0) is 14.3 Å². The number of thiophene rings is 1.